The molecule has 0 N–H and O–H groups in total. The van der Waals surface area contributed by atoms with E-state index in [2.05, 4.69) is 16.5 Å². The standard InChI is InChI=1S/C17H12F2O4.C2H6/c1-10-11-4-2-3-5-14(11)20-16-12(10)6-7-15-13(16)8-9-17(21-15,22-18)23-19;1-2/h2-7H,1,8-9H2;1-2H3. The second-order valence-corrected chi connectivity index (χ2v) is 5.44. The lowest BCUT2D eigenvalue weighted by molar-refractivity contribution is -0.485. The van der Waals surface area contributed by atoms with Crippen LogP contribution in [0.15, 0.2) is 43.0 Å². The summed E-state index contributed by atoms with van der Waals surface area (Å²) in [5, 5.41) is 0. The van der Waals surface area contributed by atoms with Crippen LogP contribution >= 0.6 is 0 Å². The van der Waals surface area contributed by atoms with Crippen molar-refractivity contribution in [1.82, 2.24) is 0 Å². The van der Waals surface area contributed by atoms with Crippen LogP contribution in [0.3, 0.4) is 0 Å². The lowest BCUT2D eigenvalue weighted by Crippen LogP contribution is -2.41. The van der Waals surface area contributed by atoms with Gasteiger partial charge >= 0.3 is 5.97 Å². The number of halogens is 2. The Morgan fingerprint density at radius 2 is 1.72 bits per heavy atom. The number of para-hydroxylation sites is 1. The van der Waals surface area contributed by atoms with Gasteiger partial charge in [0.15, 0.2) is 0 Å². The number of ether oxygens (including phenoxy) is 2. The van der Waals surface area contributed by atoms with E-state index in [0.717, 1.165) is 16.7 Å². The monoisotopic (exact) mass is 348 g/mol. The van der Waals surface area contributed by atoms with Crippen molar-refractivity contribution in [3.8, 4) is 17.2 Å². The molecule has 6 heteroatoms. The zero-order valence-electron chi connectivity index (χ0n) is 14.0. The fourth-order valence-corrected chi connectivity index (χ4v) is 2.97. The molecule has 4 rings (SSSR count). The van der Waals surface area contributed by atoms with Gasteiger partial charge in [0.05, 0.1) is 6.42 Å². The molecule has 0 fully saturated rings. The van der Waals surface area contributed by atoms with Crippen LogP contribution in [0.4, 0.5) is 9.05 Å². The number of benzene rings is 2. The molecule has 0 bridgehead atoms. The first kappa shape index (κ1) is 17.4. The van der Waals surface area contributed by atoms with Crippen LogP contribution in [0.1, 0.15) is 37.0 Å². The summed E-state index contributed by atoms with van der Waals surface area (Å²) in [6.07, 6.45) is 0.114. The van der Waals surface area contributed by atoms with E-state index in [4.69, 9.17) is 9.47 Å². The van der Waals surface area contributed by atoms with E-state index in [-0.39, 0.29) is 18.6 Å². The van der Waals surface area contributed by atoms with Crippen molar-refractivity contribution in [3.63, 3.8) is 0 Å². The number of hydrogen-bond acceptors (Lipinski definition) is 4. The first-order chi connectivity index (χ1) is 12.2. The molecule has 0 aliphatic carbocycles. The molecule has 0 aromatic heterocycles. The van der Waals surface area contributed by atoms with Crippen LogP contribution < -0.4 is 9.47 Å². The largest absolute Gasteiger partial charge is 0.456 e. The maximum Gasteiger partial charge on any atom is 0.391 e. The van der Waals surface area contributed by atoms with Crippen molar-refractivity contribution in [1.29, 1.82) is 0 Å². The summed E-state index contributed by atoms with van der Waals surface area (Å²) >= 11 is 0. The van der Waals surface area contributed by atoms with Gasteiger partial charge in [-0.2, -0.15) is 0 Å². The van der Waals surface area contributed by atoms with Gasteiger partial charge in [0.2, 0.25) is 0 Å². The van der Waals surface area contributed by atoms with E-state index in [9.17, 15) is 9.05 Å². The zero-order chi connectivity index (χ0) is 18.0. The smallest absolute Gasteiger partial charge is 0.391 e. The second-order valence-electron chi connectivity index (χ2n) is 5.44. The van der Waals surface area contributed by atoms with Crippen LogP contribution in [-0.2, 0) is 16.3 Å². The van der Waals surface area contributed by atoms with Crippen molar-refractivity contribution < 1.29 is 28.4 Å². The molecular formula is C19H18F2O4. The van der Waals surface area contributed by atoms with Gasteiger partial charge in [-0.05, 0) is 39.2 Å². The third-order valence-corrected chi connectivity index (χ3v) is 4.15. The SMILES string of the molecule is C=C1c2ccccc2Oc2c1ccc1c2CCC(OF)(OF)O1.CC. The van der Waals surface area contributed by atoms with Crippen molar-refractivity contribution in [2.24, 2.45) is 0 Å². The summed E-state index contributed by atoms with van der Waals surface area (Å²) in [6.45, 7) is 8.12. The van der Waals surface area contributed by atoms with Gasteiger partial charge in [0.25, 0.3) is 0 Å². The third-order valence-electron chi connectivity index (χ3n) is 4.15. The highest BCUT2D eigenvalue weighted by molar-refractivity contribution is 5.87. The Labute approximate surface area is 144 Å². The summed E-state index contributed by atoms with van der Waals surface area (Å²) in [5.41, 5.74) is 3.25. The van der Waals surface area contributed by atoms with Crippen molar-refractivity contribution in [2.75, 3.05) is 0 Å². The van der Waals surface area contributed by atoms with Crippen molar-refractivity contribution >= 4 is 5.57 Å². The van der Waals surface area contributed by atoms with Crippen LogP contribution in [0.5, 0.6) is 17.2 Å². The molecule has 2 aliphatic heterocycles. The Morgan fingerprint density at radius 3 is 2.44 bits per heavy atom. The first-order valence-corrected chi connectivity index (χ1v) is 8.08. The maximum absolute atomic E-state index is 12.6. The predicted octanol–water partition coefficient (Wildman–Crippen LogP) is 5.66. The van der Waals surface area contributed by atoms with E-state index in [1.165, 1.54) is 0 Å². The van der Waals surface area contributed by atoms with Crippen molar-refractivity contribution in [3.05, 3.63) is 59.7 Å². The van der Waals surface area contributed by atoms with E-state index in [1.807, 2.05) is 38.1 Å². The summed E-state index contributed by atoms with van der Waals surface area (Å²) < 4.78 is 36.4. The Kier molecular flexibility index (Phi) is 4.74. The third kappa shape index (κ3) is 2.77. The van der Waals surface area contributed by atoms with Gasteiger partial charge in [0, 0.05) is 16.7 Å². The lowest BCUT2D eigenvalue weighted by atomic mass is 9.91. The number of hydrogen-bond donors (Lipinski definition) is 0. The minimum Gasteiger partial charge on any atom is -0.456 e. The molecule has 4 nitrogen and oxygen atoms in total. The summed E-state index contributed by atoms with van der Waals surface area (Å²) in [4.78, 5) is 7.06. The molecule has 0 radical (unpaired) electrons. The van der Waals surface area contributed by atoms with E-state index < -0.39 is 5.97 Å². The maximum atomic E-state index is 12.6. The van der Waals surface area contributed by atoms with Gasteiger partial charge in [-0.25, -0.2) is 0 Å². The Morgan fingerprint density at radius 1 is 1.00 bits per heavy atom. The molecule has 0 unspecified atom stereocenters. The summed E-state index contributed by atoms with van der Waals surface area (Å²) in [5.74, 6) is -0.848. The second kappa shape index (κ2) is 6.82. The quantitative estimate of drug-likeness (QED) is 0.560. The Bertz CT molecular complexity index is 800. The van der Waals surface area contributed by atoms with Gasteiger partial charge in [-0.3, -0.25) is 0 Å². The highest BCUT2D eigenvalue weighted by Gasteiger charge is 2.44. The van der Waals surface area contributed by atoms with Crippen LogP contribution in [0, 0.1) is 0 Å². The Hall–Kier alpha value is -2.44. The molecule has 0 atom stereocenters. The predicted molar refractivity (Wildman–Crippen MR) is 88.5 cm³/mol. The highest BCUT2D eigenvalue weighted by Crippen LogP contribution is 2.49. The Balaban J connectivity index is 0.000000880. The molecule has 0 saturated heterocycles. The van der Waals surface area contributed by atoms with Gasteiger partial charge in [-0.15, -0.1) is 9.88 Å². The normalized spacial score (nSPS) is 16.2. The minimum absolute atomic E-state index is 0.152. The average Bonchev–Trinajstić information content (AvgIpc) is 2.69. The number of rotatable bonds is 2. The molecule has 2 heterocycles. The lowest BCUT2D eigenvalue weighted by Gasteiger charge is -2.33. The number of fused-ring (bicyclic) bond motifs is 4. The van der Waals surface area contributed by atoms with Crippen LogP contribution in [-0.4, -0.2) is 5.97 Å². The van der Waals surface area contributed by atoms with Gasteiger partial charge in [0.1, 0.15) is 17.2 Å². The molecule has 2 aromatic rings. The average molecular weight is 348 g/mol. The highest BCUT2D eigenvalue weighted by atomic mass is 19.3. The summed E-state index contributed by atoms with van der Waals surface area (Å²) in [6, 6.07) is 10.9. The van der Waals surface area contributed by atoms with E-state index in [1.54, 1.807) is 12.1 Å². The van der Waals surface area contributed by atoms with E-state index >= 15 is 0 Å². The fraction of sp³-hybridized carbons (Fsp3) is 0.263. The minimum atomic E-state index is -2.36. The molecular weight excluding hydrogens is 330 g/mol. The van der Waals surface area contributed by atoms with Gasteiger partial charge in [-0.1, -0.05) is 38.6 Å². The fourth-order valence-electron chi connectivity index (χ4n) is 2.97. The molecule has 2 aromatic carbocycles. The molecule has 132 valence electrons. The molecule has 2 aliphatic rings. The zero-order valence-corrected chi connectivity index (χ0v) is 14.0. The molecule has 0 spiro atoms. The molecule has 25 heavy (non-hydrogen) atoms. The summed E-state index contributed by atoms with van der Waals surface area (Å²) in [7, 11) is 0. The van der Waals surface area contributed by atoms with E-state index in [0.29, 0.717) is 17.1 Å². The van der Waals surface area contributed by atoms with Gasteiger partial charge < -0.3 is 9.47 Å². The molecule has 0 saturated carbocycles. The first-order valence-electron chi connectivity index (χ1n) is 8.08. The molecule has 0 amide bonds. The topological polar surface area (TPSA) is 36.9 Å². The van der Waals surface area contributed by atoms with Crippen LogP contribution in [0.25, 0.3) is 5.57 Å². The van der Waals surface area contributed by atoms with Crippen molar-refractivity contribution in [2.45, 2.75) is 32.7 Å². The van der Waals surface area contributed by atoms with Crippen LogP contribution in [0.2, 0.25) is 0 Å².